The van der Waals surface area contributed by atoms with Crippen LogP contribution >= 0.6 is 0 Å². The Labute approximate surface area is 119 Å². The standard InChI is InChI=1S/C16H29NO.CH4/c1-3-7-14(8-4-1)16(13-17-11-12-18-16)15-9-5-2-6-10-15;/h14-15,17H,1-13H2;1H4. The molecule has 112 valence electrons. The summed E-state index contributed by atoms with van der Waals surface area (Å²) in [5.41, 5.74) is 0.207. The topological polar surface area (TPSA) is 21.3 Å². The summed E-state index contributed by atoms with van der Waals surface area (Å²) >= 11 is 0. The first-order chi connectivity index (χ1) is 8.92. The molecule has 2 saturated carbocycles. The predicted octanol–water partition coefficient (Wildman–Crippen LogP) is 4.14. The maximum atomic E-state index is 6.48. The summed E-state index contributed by atoms with van der Waals surface area (Å²) in [6.07, 6.45) is 14.3. The summed E-state index contributed by atoms with van der Waals surface area (Å²) in [6.45, 7) is 3.12. The second kappa shape index (κ2) is 7.08. The van der Waals surface area contributed by atoms with E-state index in [4.69, 9.17) is 4.74 Å². The Morgan fingerprint density at radius 1 is 0.789 bits per heavy atom. The molecule has 0 atom stereocenters. The summed E-state index contributed by atoms with van der Waals surface area (Å²) in [4.78, 5) is 0. The van der Waals surface area contributed by atoms with Crippen LogP contribution in [0.15, 0.2) is 0 Å². The smallest absolute Gasteiger partial charge is 0.0862 e. The Hall–Kier alpha value is -0.0800. The zero-order valence-corrected chi connectivity index (χ0v) is 11.8. The van der Waals surface area contributed by atoms with Crippen LogP contribution in [0.1, 0.15) is 71.6 Å². The molecule has 2 heteroatoms. The normalized spacial score (nSPS) is 29.7. The van der Waals surface area contributed by atoms with Gasteiger partial charge in [0.15, 0.2) is 0 Å². The minimum absolute atomic E-state index is 0. The third-order valence-corrected chi connectivity index (χ3v) is 5.64. The molecule has 1 saturated heterocycles. The molecule has 3 rings (SSSR count). The molecule has 0 spiro atoms. The van der Waals surface area contributed by atoms with Crippen molar-refractivity contribution in [2.24, 2.45) is 11.8 Å². The number of ether oxygens (including phenoxy) is 1. The maximum absolute atomic E-state index is 6.48. The van der Waals surface area contributed by atoms with Crippen molar-refractivity contribution in [2.45, 2.75) is 77.2 Å². The molecule has 0 radical (unpaired) electrons. The van der Waals surface area contributed by atoms with Gasteiger partial charge in [-0.05, 0) is 37.5 Å². The van der Waals surface area contributed by atoms with Crippen molar-refractivity contribution < 1.29 is 4.74 Å². The monoisotopic (exact) mass is 267 g/mol. The highest BCUT2D eigenvalue weighted by Gasteiger charge is 2.47. The third-order valence-electron chi connectivity index (χ3n) is 5.64. The molecule has 19 heavy (non-hydrogen) atoms. The highest BCUT2D eigenvalue weighted by atomic mass is 16.5. The second-order valence-corrected chi connectivity index (χ2v) is 6.65. The fraction of sp³-hybridized carbons (Fsp3) is 1.00. The van der Waals surface area contributed by atoms with Gasteiger partial charge in [-0.2, -0.15) is 0 Å². The van der Waals surface area contributed by atoms with E-state index in [1.807, 2.05) is 0 Å². The average Bonchev–Trinajstić information content (AvgIpc) is 2.50. The Kier molecular flexibility index (Phi) is 5.70. The van der Waals surface area contributed by atoms with Gasteiger partial charge in [0.05, 0.1) is 12.2 Å². The number of rotatable bonds is 2. The molecule has 1 aliphatic heterocycles. The van der Waals surface area contributed by atoms with Crippen LogP contribution in [0.5, 0.6) is 0 Å². The molecule has 1 heterocycles. The van der Waals surface area contributed by atoms with E-state index in [1.165, 1.54) is 64.2 Å². The molecular formula is C17H33NO. The van der Waals surface area contributed by atoms with E-state index in [9.17, 15) is 0 Å². The van der Waals surface area contributed by atoms with E-state index >= 15 is 0 Å². The summed E-state index contributed by atoms with van der Waals surface area (Å²) in [5.74, 6) is 1.67. The average molecular weight is 267 g/mol. The lowest BCUT2D eigenvalue weighted by molar-refractivity contribution is -0.155. The molecule has 2 aliphatic carbocycles. The van der Waals surface area contributed by atoms with Gasteiger partial charge in [0, 0.05) is 13.1 Å². The Bertz CT molecular complexity index is 228. The minimum atomic E-state index is 0. The summed E-state index contributed by atoms with van der Waals surface area (Å²) in [5, 5.41) is 3.65. The second-order valence-electron chi connectivity index (χ2n) is 6.65. The zero-order chi connectivity index (χ0) is 12.3. The molecule has 3 fully saturated rings. The lowest BCUT2D eigenvalue weighted by atomic mass is 9.66. The van der Waals surface area contributed by atoms with Crippen molar-refractivity contribution in [3.63, 3.8) is 0 Å². The lowest BCUT2D eigenvalue weighted by Crippen LogP contribution is -2.59. The molecule has 0 unspecified atom stereocenters. The zero-order valence-electron chi connectivity index (χ0n) is 11.8. The molecule has 0 amide bonds. The highest BCUT2D eigenvalue weighted by Crippen LogP contribution is 2.45. The van der Waals surface area contributed by atoms with Crippen molar-refractivity contribution in [3.05, 3.63) is 0 Å². The number of hydrogen-bond acceptors (Lipinski definition) is 2. The fourth-order valence-electron chi connectivity index (χ4n) is 4.69. The molecule has 0 aromatic carbocycles. The molecule has 2 nitrogen and oxygen atoms in total. The van der Waals surface area contributed by atoms with Gasteiger partial charge in [0.2, 0.25) is 0 Å². The van der Waals surface area contributed by atoms with Crippen molar-refractivity contribution >= 4 is 0 Å². The van der Waals surface area contributed by atoms with Crippen LogP contribution in [0.25, 0.3) is 0 Å². The predicted molar refractivity (Wildman–Crippen MR) is 81.4 cm³/mol. The largest absolute Gasteiger partial charge is 0.372 e. The van der Waals surface area contributed by atoms with Gasteiger partial charge in [-0.3, -0.25) is 0 Å². The van der Waals surface area contributed by atoms with E-state index in [2.05, 4.69) is 5.32 Å². The van der Waals surface area contributed by atoms with Crippen LogP contribution in [0.4, 0.5) is 0 Å². The van der Waals surface area contributed by atoms with Gasteiger partial charge in [-0.1, -0.05) is 46.0 Å². The van der Waals surface area contributed by atoms with Gasteiger partial charge in [-0.25, -0.2) is 0 Å². The van der Waals surface area contributed by atoms with Crippen LogP contribution in [0.3, 0.4) is 0 Å². The Morgan fingerprint density at radius 3 is 1.74 bits per heavy atom. The number of morpholine rings is 1. The van der Waals surface area contributed by atoms with Gasteiger partial charge in [-0.15, -0.1) is 0 Å². The van der Waals surface area contributed by atoms with E-state index in [1.54, 1.807) is 0 Å². The van der Waals surface area contributed by atoms with Crippen LogP contribution in [0, 0.1) is 11.8 Å². The third kappa shape index (κ3) is 3.16. The first-order valence-electron chi connectivity index (χ1n) is 8.26. The first kappa shape index (κ1) is 15.3. The molecule has 1 N–H and O–H groups in total. The summed E-state index contributed by atoms with van der Waals surface area (Å²) in [7, 11) is 0. The molecular weight excluding hydrogens is 234 g/mol. The van der Waals surface area contributed by atoms with Crippen LogP contribution in [-0.4, -0.2) is 25.3 Å². The number of nitrogens with one attached hydrogen (secondary N) is 1. The van der Waals surface area contributed by atoms with Crippen LogP contribution in [0.2, 0.25) is 0 Å². The van der Waals surface area contributed by atoms with E-state index in [0.29, 0.717) is 0 Å². The molecule has 0 aromatic rings. The highest BCUT2D eigenvalue weighted by molar-refractivity contribution is 4.99. The van der Waals surface area contributed by atoms with E-state index in [-0.39, 0.29) is 13.0 Å². The maximum Gasteiger partial charge on any atom is 0.0862 e. The summed E-state index contributed by atoms with van der Waals surface area (Å²) in [6, 6.07) is 0. The lowest BCUT2D eigenvalue weighted by Gasteiger charge is -2.51. The van der Waals surface area contributed by atoms with Crippen molar-refractivity contribution in [1.29, 1.82) is 0 Å². The summed E-state index contributed by atoms with van der Waals surface area (Å²) < 4.78 is 6.48. The van der Waals surface area contributed by atoms with Crippen LogP contribution in [-0.2, 0) is 4.74 Å². The molecule has 0 bridgehead atoms. The molecule has 0 aromatic heterocycles. The van der Waals surface area contributed by atoms with Gasteiger partial charge in [0.25, 0.3) is 0 Å². The van der Waals surface area contributed by atoms with Crippen molar-refractivity contribution in [1.82, 2.24) is 5.32 Å². The quantitative estimate of drug-likeness (QED) is 0.812. The van der Waals surface area contributed by atoms with Gasteiger partial charge < -0.3 is 10.1 Å². The Balaban J connectivity index is 0.00000133. The van der Waals surface area contributed by atoms with Crippen LogP contribution < -0.4 is 5.32 Å². The Morgan fingerprint density at radius 2 is 1.32 bits per heavy atom. The van der Waals surface area contributed by atoms with E-state index < -0.39 is 0 Å². The SMILES string of the molecule is C.C1CCC(C2(C3CCCCC3)CNCCO2)CC1. The van der Waals surface area contributed by atoms with Crippen molar-refractivity contribution in [2.75, 3.05) is 19.7 Å². The first-order valence-corrected chi connectivity index (χ1v) is 8.26. The number of hydrogen-bond donors (Lipinski definition) is 1. The fourth-order valence-corrected chi connectivity index (χ4v) is 4.69. The van der Waals surface area contributed by atoms with Crippen molar-refractivity contribution in [3.8, 4) is 0 Å². The van der Waals surface area contributed by atoms with E-state index in [0.717, 1.165) is 31.5 Å². The van der Waals surface area contributed by atoms with Gasteiger partial charge >= 0.3 is 0 Å². The van der Waals surface area contributed by atoms with Gasteiger partial charge in [0.1, 0.15) is 0 Å². The minimum Gasteiger partial charge on any atom is -0.372 e. The molecule has 3 aliphatic rings.